The molecule has 0 aliphatic heterocycles. The van der Waals surface area contributed by atoms with Crippen LogP contribution in [0.5, 0.6) is 5.75 Å². The number of carbonyl (C=O) groups is 1. The van der Waals surface area contributed by atoms with Crippen molar-refractivity contribution in [2.75, 3.05) is 13.7 Å². The molecule has 0 aliphatic rings. The number of carbonyl (C=O) groups excluding carboxylic acids is 1. The van der Waals surface area contributed by atoms with Crippen LogP contribution in [0.3, 0.4) is 0 Å². The van der Waals surface area contributed by atoms with E-state index < -0.39 is 5.60 Å². The number of rotatable bonds is 6. The lowest BCUT2D eigenvalue weighted by Gasteiger charge is -2.27. The molecule has 0 aromatic heterocycles. The monoisotopic (exact) mass is 285 g/mol. The Labute approximate surface area is 119 Å². The molecular weight excluding hydrogens is 266 g/mol. The molecule has 0 bridgehead atoms. The van der Waals surface area contributed by atoms with Crippen molar-refractivity contribution in [2.45, 2.75) is 32.4 Å². The van der Waals surface area contributed by atoms with E-state index in [0.717, 1.165) is 0 Å². The summed E-state index contributed by atoms with van der Waals surface area (Å²) in [5.74, 6) is 0.413. The van der Waals surface area contributed by atoms with Crippen LogP contribution >= 0.6 is 11.6 Å². The average Bonchev–Trinajstić information content (AvgIpc) is 2.32. The number of nitrogens with one attached hydrogen (secondary N) is 1. The number of ether oxygens (including phenoxy) is 2. The topological polar surface area (TPSA) is 47.6 Å². The normalized spacial score (nSPS) is 12.9. The van der Waals surface area contributed by atoms with Gasteiger partial charge in [0.15, 0.2) is 5.60 Å². The summed E-state index contributed by atoms with van der Waals surface area (Å²) in [4.78, 5) is 12.1. The fourth-order valence-electron chi connectivity index (χ4n) is 1.53. The maximum Gasteiger partial charge on any atom is 0.263 e. The van der Waals surface area contributed by atoms with E-state index in [2.05, 4.69) is 5.32 Å². The number of methoxy groups -OCH3 is 1. The zero-order valence-electron chi connectivity index (χ0n) is 11.7. The molecule has 1 aromatic carbocycles. The van der Waals surface area contributed by atoms with Gasteiger partial charge in [0.05, 0.1) is 6.61 Å². The zero-order chi connectivity index (χ0) is 14.5. The highest BCUT2D eigenvalue weighted by atomic mass is 35.5. The van der Waals surface area contributed by atoms with Crippen LogP contribution in [0.2, 0.25) is 5.02 Å². The minimum Gasteiger partial charge on any atom is -0.478 e. The van der Waals surface area contributed by atoms with Crippen LogP contribution < -0.4 is 10.1 Å². The van der Waals surface area contributed by atoms with E-state index in [4.69, 9.17) is 21.1 Å². The number of amides is 1. The summed E-state index contributed by atoms with van der Waals surface area (Å²) in [6.45, 7) is 5.77. The molecule has 0 aliphatic carbocycles. The van der Waals surface area contributed by atoms with Gasteiger partial charge in [-0.15, -0.1) is 0 Å². The van der Waals surface area contributed by atoms with Crippen LogP contribution in [-0.4, -0.2) is 31.3 Å². The van der Waals surface area contributed by atoms with Gasteiger partial charge in [0, 0.05) is 18.2 Å². The van der Waals surface area contributed by atoms with Gasteiger partial charge < -0.3 is 14.8 Å². The molecule has 106 valence electrons. The maximum absolute atomic E-state index is 12.1. The summed E-state index contributed by atoms with van der Waals surface area (Å²) in [5, 5.41) is 3.47. The van der Waals surface area contributed by atoms with Gasteiger partial charge in [-0.3, -0.25) is 4.79 Å². The fourth-order valence-corrected chi connectivity index (χ4v) is 1.66. The van der Waals surface area contributed by atoms with Crippen LogP contribution in [0.4, 0.5) is 0 Å². The first kappa shape index (κ1) is 15.8. The third kappa shape index (κ3) is 5.09. The summed E-state index contributed by atoms with van der Waals surface area (Å²) in [5.41, 5.74) is -0.962. The molecule has 0 saturated heterocycles. The minimum absolute atomic E-state index is 0.0643. The van der Waals surface area contributed by atoms with Crippen molar-refractivity contribution in [2.24, 2.45) is 0 Å². The largest absolute Gasteiger partial charge is 0.478 e. The van der Waals surface area contributed by atoms with Gasteiger partial charge in [0.2, 0.25) is 0 Å². The van der Waals surface area contributed by atoms with E-state index in [1.807, 2.05) is 6.92 Å². The van der Waals surface area contributed by atoms with Gasteiger partial charge in [0.25, 0.3) is 5.91 Å². The molecule has 1 N–H and O–H groups in total. The first-order valence-corrected chi connectivity index (χ1v) is 6.47. The highest BCUT2D eigenvalue weighted by Crippen LogP contribution is 2.21. The summed E-state index contributed by atoms with van der Waals surface area (Å²) >= 11 is 5.80. The lowest BCUT2D eigenvalue weighted by atomic mass is 10.1. The molecule has 4 nitrogen and oxygen atoms in total. The van der Waals surface area contributed by atoms with Crippen molar-refractivity contribution in [1.82, 2.24) is 5.32 Å². The van der Waals surface area contributed by atoms with E-state index in [0.29, 0.717) is 17.4 Å². The number of benzene rings is 1. The molecule has 0 heterocycles. The van der Waals surface area contributed by atoms with Crippen molar-refractivity contribution in [3.8, 4) is 5.75 Å². The van der Waals surface area contributed by atoms with Gasteiger partial charge >= 0.3 is 0 Å². The Bertz CT molecular complexity index is 417. The lowest BCUT2D eigenvalue weighted by molar-refractivity contribution is -0.135. The molecule has 0 unspecified atom stereocenters. The Morgan fingerprint density at radius 3 is 2.47 bits per heavy atom. The Hall–Kier alpha value is -1.26. The molecule has 1 atom stereocenters. The predicted octanol–water partition coefficient (Wildman–Crippen LogP) is 2.65. The smallest absolute Gasteiger partial charge is 0.263 e. The third-order valence-electron chi connectivity index (χ3n) is 2.53. The van der Waals surface area contributed by atoms with E-state index >= 15 is 0 Å². The summed E-state index contributed by atoms with van der Waals surface area (Å²) < 4.78 is 10.7. The highest BCUT2D eigenvalue weighted by molar-refractivity contribution is 6.30. The highest BCUT2D eigenvalue weighted by Gasteiger charge is 2.30. The van der Waals surface area contributed by atoms with Crippen LogP contribution in [-0.2, 0) is 9.53 Å². The third-order valence-corrected chi connectivity index (χ3v) is 2.78. The second-order valence-corrected chi connectivity index (χ2v) is 5.33. The number of halogens is 1. The molecule has 0 spiro atoms. The second-order valence-electron chi connectivity index (χ2n) is 4.90. The van der Waals surface area contributed by atoms with Gasteiger partial charge in [-0.2, -0.15) is 0 Å². The van der Waals surface area contributed by atoms with E-state index in [9.17, 15) is 4.79 Å². The SMILES string of the molecule is COC[C@@H](C)NC(=O)C(C)(C)Oc1ccc(Cl)cc1. The van der Waals surface area contributed by atoms with Crippen molar-refractivity contribution in [3.63, 3.8) is 0 Å². The number of hydrogen-bond acceptors (Lipinski definition) is 3. The second kappa shape index (κ2) is 6.78. The van der Waals surface area contributed by atoms with Gasteiger partial charge in [0.1, 0.15) is 5.75 Å². The fraction of sp³-hybridized carbons (Fsp3) is 0.500. The van der Waals surface area contributed by atoms with Gasteiger partial charge in [-0.05, 0) is 45.0 Å². The zero-order valence-corrected chi connectivity index (χ0v) is 12.5. The number of hydrogen-bond donors (Lipinski definition) is 1. The van der Waals surface area contributed by atoms with Gasteiger partial charge in [-0.25, -0.2) is 0 Å². The molecular formula is C14H20ClNO3. The molecule has 5 heteroatoms. The van der Waals surface area contributed by atoms with Crippen LogP contribution in [0.1, 0.15) is 20.8 Å². The Kier molecular flexibility index (Phi) is 5.63. The lowest BCUT2D eigenvalue weighted by Crippen LogP contribution is -2.50. The van der Waals surface area contributed by atoms with Crippen LogP contribution in [0, 0.1) is 0 Å². The molecule has 0 saturated carbocycles. The maximum atomic E-state index is 12.1. The first-order valence-electron chi connectivity index (χ1n) is 6.09. The quantitative estimate of drug-likeness (QED) is 0.874. The molecule has 1 amide bonds. The molecule has 0 radical (unpaired) electrons. The Morgan fingerprint density at radius 1 is 1.37 bits per heavy atom. The van der Waals surface area contributed by atoms with Crippen LogP contribution in [0.25, 0.3) is 0 Å². The standard InChI is InChI=1S/C14H20ClNO3/c1-10(9-18-4)16-13(17)14(2,3)19-12-7-5-11(15)6-8-12/h5-8,10H,9H2,1-4H3,(H,16,17)/t10-/m1/s1. The van der Waals surface area contributed by atoms with E-state index in [1.165, 1.54) is 0 Å². The minimum atomic E-state index is -0.962. The Balaban J connectivity index is 2.64. The van der Waals surface area contributed by atoms with Crippen molar-refractivity contribution in [3.05, 3.63) is 29.3 Å². The van der Waals surface area contributed by atoms with E-state index in [-0.39, 0.29) is 11.9 Å². The summed E-state index contributed by atoms with van der Waals surface area (Å²) in [6, 6.07) is 6.84. The Morgan fingerprint density at radius 2 is 1.95 bits per heavy atom. The summed E-state index contributed by atoms with van der Waals surface area (Å²) in [7, 11) is 1.60. The van der Waals surface area contributed by atoms with Crippen molar-refractivity contribution < 1.29 is 14.3 Å². The molecule has 1 rings (SSSR count). The van der Waals surface area contributed by atoms with Gasteiger partial charge in [-0.1, -0.05) is 11.6 Å². The van der Waals surface area contributed by atoms with Crippen molar-refractivity contribution in [1.29, 1.82) is 0 Å². The van der Waals surface area contributed by atoms with Crippen LogP contribution in [0.15, 0.2) is 24.3 Å². The van der Waals surface area contributed by atoms with E-state index in [1.54, 1.807) is 45.2 Å². The molecule has 0 fully saturated rings. The average molecular weight is 286 g/mol. The molecule has 19 heavy (non-hydrogen) atoms. The first-order chi connectivity index (χ1) is 8.85. The van der Waals surface area contributed by atoms with Crippen molar-refractivity contribution >= 4 is 17.5 Å². The summed E-state index contributed by atoms with van der Waals surface area (Å²) in [6.07, 6.45) is 0. The predicted molar refractivity (Wildman–Crippen MR) is 75.6 cm³/mol. The molecule has 1 aromatic rings.